The van der Waals surface area contributed by atoms with E-state index >= 15 is 0 Å². The first kappa shape index (κ1) is 40.8. The van der Waals surface area contributed by atoms with Crippen LogP contribution in [0.2, 0.25) is 0 Å². The standard InChI is InChI=1S/C40H32N4.C16H9N2O.Ir/c1(3-13-29-23-25-39(41-27-29)43-35-19-9-5-15-31(35)32-16-6-10-20-36(32)43)2-4-14-30-24-26-40(42-28-30)44-37-21-11-7-17-33(37)34-18-8-12-22-38(34)44;1-2-9-17-13(7-1)11-5-3-6-12-15-14(19-16(11)12)8-4-10-18-15;/h5-12,15-19,21,23-28H,1-4,13-14H2;1-4,6-10H;/q-2;-1;+3. The van der Waals surface area contributed by atoms with Crippen molar-refractivity contribution in [2.45, 2.75) is 38.5 Å². The molecule has 0 spiro atoms. The van der Waals surface area contributed by atoms with Gasteiger partial charge in [-0.05, 0) is 101 Å². The Morgan fingerprint density at radius 1 is 0.453 bits per heavy atom. The second-order valence-corrected chi connectivity index (χ2v) is 15.8. The van der Waals surface area contributed by atoms with Crippen LogP contribution >= 0.6 is 0 Å². The van der Waals surface area contributed by atoms with Crippen molar-refractivity contribution in [1.82, 2.24) is 29.1 Å². The summed E-state index contributed by atoms with van der Waals surface area (Å²) >= 11 is 0. The third kappa shape index (κ3) is 7.76. The summed E-state index contributed by atoms with van der Waals surface area (Å²) in [6.07, 6.45) is 14.5. The molecule has 310 valence electrons. The second-order valence-electron chi connectivity index (χ2n) is 15.8. The number of hydrogen-bond acceptors (Lipinski definition) is 5. The van der Waals surface area contributed by atoms with Gasteiger partial charge in [-0.15, -0.1) is 29.0 Å². The summed E-state index contributed by atoms with van der Waals surface area (Å²) in [7, 11) is 0. The molecule has 12 aromatic rings. The van der Waals surface area contributed by atoms with Crippen LogP contribution in [0.25, 0.3) is 88.6 Å². The van der Waals surface area contributed by atoms with Gasteiger partial charge in [0.05, 0.1) is 11.1 Å². The van der Waals surface area contributed by atoms with E-state index in [0.29, 0.717) is 0 Å². The molecule has 64 heavy (non-hydrogen) atoms. The predicted octanol–water partition coefficient (Wildman–Crippen LogP) is 13.5. The maximum Gasteiger partial charge on any atom is 3.00 e. The third-order valence-corrected chi connectivity index (χ3v) is 11.9. The summed E-state index contributed by atoms with van der Waals surface area (Å²) in [6, 6.07) is 61.7. The van der Waals surface area contributed by atoms with Crippen molar-refractivity contribution in [1.29, 1.82) is 0 Å². The summed E-state index contributed by atoms with van der Waals surface area (Å²) in [5, 5.41) is 5.89. The fourth-order valence-corrected chi connectivity index (χ4v) is 8.84. The molecule has 0 fully saturated rings. The Hall–Kier alpha value is -7.25. The van der Waals surface area contributed by atoms with Crippen LogP contribution in [-0.2, 0) is 32.9 Å². The molecule has 7 heterocycles. The van der Waals surface area contributed by atoms with Crippen LogP contribution in [0.5, 0.6) is 0 Å². The van der Waals surface area contributed by atoms with E-state index in [2.05, 4.69) is 134 Å². The Morgan fingerprint density at radius 3 is 1.61 bits per heavy atom. The first-order chi connectivity index (χ1) is 31.3. The van der Waals surface area contributed by atoms with Crippen molar-refractivity contribution in [3.8, 4) is 22.9 Å². The number of rotatable bonds is 10. The van der Waals surface area contributed by atoms with Crippen LogP contribution in [0.1, 0.15) is 36.8 Å². The molecule has 0 amide bonds. The molecule has 8 heteroatoms. The Kier molecular flexibility index (Phi) is 11.6. The van der Waals surface area contributed by atoms with Crippen LogP contribution in [0.3, 0.4) is 0 Å². The number of benzene rings is 5. The zero-order valence-electron chi connectivity index (χ0n) is 34.9. The minimum Gasteiger partial charge on any atom is -0.499 e. The first-order valence-corrected chi connectivity index (χ1v) is 21.6. The Bertz CT molecular complexity index is 3250. The van der Waals surface area contributed by atoms with Gasteiger partial charge in [-0.25, -0.2) is 9.97 Å². The summed E-state index contributed by atoms with van der Waals surface area (Å²) in [5.41, 5.74) is 11.2. The van der Waals surface area contributed by atoms with E-state index in [1.807, 2.05) is 67.0 Å². The van der Waals surface area contributed by atoms with Gasteiger partial charge in [-0.3, -0.25) is 4.98 Å². The predicted molar refractivity (Wildman–Crippen MR) is 254 cm³/mol. The van der Waals surface area contributed by atoms with E-state index < -0.39 is 0 Å². The molecule has 0 aliphatic heterocycles. The quantitative estimate of drug-likeness (QED) is 0.101. The van der Waals surface area contributed by atoms with E-state index in [1.165, 1.54) is 69.4 Å². The van der Waals surface area contributed by atoms with E-state index in [0.717, 1.165) is 68.8 Å². The average Bonchev–Trinajstić information content (AvgIpc) is 4.02. The fraction of sp³-hybridized carbons (Fsp3) is 0.107. The van der Waals surface area contributed by atoms with Crippen LogP contribution in [0, 0.1) is 18.2 Å². The normalized spacial score (nSPS) is 11.4. The molecule has 0 radical (unpaired) electrons. The number of nitrogens with zero attached hydrogens (tertiary/aromatic N) is 6. The van der Waals surface area contributed by atoms with Crippen molar-refractivity contribution in [3.05, 3.63) is 206 Å². The van der Waals surface area contributed by atoms with Gasteiger partial charge in [-0.2, -0.15) is 48.5 Å². The van der Waals surface area contributed by atoms with Gasteiger partial charge in [0.2, 0.25) is 0 Å². The number of furan rings is 1. The number of fused-ring (bicyclic) bond motifs is 9. The third-order valence-electron chi connectivity index (χ3n) is 11.9. The molecular weight excluding hydrogens is 965 g/mol. The monoisotopic (exact) mass is 1010 g/mol. The Labute approximate surface area is 384 Å². The number of hydrogen-bond donors (Lipinski definition) is 0. The van der Waals surface area contributed by atoms with Gasteiger partial charge >= 0.3 is 20.1 Å². The average molecular weight is 1010 g/mol. The molecule has 0 saturated heterocycles. The van der Waals surface area contributed by atoms with Gasteiger partial charge in [0.1, 0.15) is 17.2 Å². The molecule has 0 unspecified atom stereocenters. The SMILES string of the molecule is [Ir+3].[c-]1ccc2c(oc3cccnc32)c1-c1ccccn1.[c-]1cccc2c3ccccc3n(-c3ccc(CCCCCCc4ccc(-n5c6[c-]cccc6c6ccccc65)nc4)cn3)c12. The molecule has 0 N–H and O–H groups in total. The van der Waals surface area contributed by atoms with Gasteiger partial charge in [0, 0.05) is 35.8 Å². The number of aryl methyl sites for hydroxylation is 2. The molecule has 5 aromatic carbocycles. The van der Waals surface area contributed by atoms with Crippen molar-refractivity contribution in [2.75, 3.05) is 0 Å². The van der Waals surface area contributed by atoms with Crippen molar-refractivity contribution >= 4 is 65.7 Å². The van der Waals surface area contributed by atoms with Crippen molar-refractivity contribution < 1.29 is 24.5 Å². The van der Waals surface area contributed by atoms with E-state index in [-0.39, 0.29) is 20.1 Å². The zero-order valence-corrected chi connectivity index (χ0v) is 37.3. The Balaban J connectivity index is 0.000000202. The number of unbranched alkanes of at least 4 members (excludes halogenated alkanes) is 3. The van der Waals surface area contributed by atoms with Crippen LogP contribution in [0.4, 0.5) is 0 Å². The van der Waals surface area contributed by atoms with Crippen molar-refractivity contribution in [2.24, 2.45) is 0 Å². The van der Waals surface area contributed by atoms with E-state index in [9.17, 15) is 0 Å². The number of pyridine rings is 4. The molecule has 7 nitrogen and oxygen atoms in total. The topological polar surface area (TPSA) is 74.6 Å². The van der Waals surface area contributed by atoms with Crippen LogP contribution in [0.15, 0.2) is 181 Å². The maximum atomic E-state index is 5.90. The molecule has 12 rings (SSSR count). The van der Waals surface area contributed by atoms with Gasteiger partial charge in [0.15, 0.2) is 0 Å². The molecule has 0 aliphatic carbocycles. The summed E-state index contributed by atoms with van der Waals surface area (Å²) in [6.45, 7) is 0. The summed E-state index contributed by atoms with van der Waals surface area (Å²) in [4.78, 5) is 18.5. The summed E-state index contributed by atoms with van der Waals surface area (Å²) in [5.74, 6) is 1.89. The molecule has 0 aliphatic rings. The fourth-order valence-electron chi connectivity index (χ4n) is 8.84. The molecule has 0 bridgehead atoms. The second kappa shape index (κ2) is 18.2. The molecule has 7 aromatic heterocycles. The minimum absolute atomic E-state index is 0. The Morgan fingerprint density at radius 2 is 1.03 bits per heavy atom. The van der Waals surface area contributed by atoms with E-state index in [1.54, 1.807) is 12.4 Å². The minimum atomic E-state index is 0. The van der Waals surface area contributed by atoms with Gasteiger partial charge in [-0.1, -0.05) is 90.1 Å². The summed E-state index contributed by atoms with van der Waals surface area (Å²) < 4.78 is 10.3. The van der Waals surface area contributed by atoms with Crippen LogP contribution < -0.4 is 0 Å². The largest absolute Gasteiger partial charge is 3.00 e. The van der Waals surface area contributed by atoms with Crippen LogP contribution in [-0.4, -0.2) is 29.1 Å². The molecule has 0 saturated carbocycles. The van der Waals surface area contributed by atoms with Crippen molar-refractivity contribution in [3.63, 3.8) is 0 Å². The molecule has 0 atom stereocenters. The van der Waals surface area contributed by atoms with E-state index in [4.69, 9.17) is 14.4 Å². The van der Waals surface area contributed by atoms with Gasteiger partial charge in [0.25, 0.3) is 0 Å². The number of para-hydroxylation sites is 4. The number of aromatic nitrogens is 6. The smallest absolute Gasteiger partial charge is 0.499 e. The first-order valence-electron chi connectivity index (χ1n) is 21.6. The van der Waals surface area contributed by atoms with Gasteiger partial charge < -0.3 is 18.5 Å². The molecular formula is C56H41IrN6O. The zero-order chi connectivity index (χ0) is 42.0. The maximum absolute atomic E-state index is 5.90.